The minimum absolute atomic E-state index is 0.271. The predicted molar refractivity (Wildman–Crippen MR) is 75.1 cm³/mol. The van der Waals surface area contributed by atoms with Crippen LogP contribution in [0.15, 0.2) is 18.2 Å². The Kier molecular flexibility index (Phi) is 6.57. The molecule has 1 aromatic carbocycles. The van der Waals surface area contributed by atoms with Crippen LogP contribution < -0.4 is 16.2 Å². The lowest BCUT2D eigenvalue weighted by molar-refractivity contribution is 0.147. The van der Waals surface area contributed by atoms with Crippen molar-refractivity contribution in [1.29, 1.82) is 0 Å². The number of primary amides is 1. The summed E-state index contributed by atoms with van der Waals surface area (Å²) in [4.78, 5) is 10.4. The molecule has 0 aliphatic carbocycles. The lowest BCUT2D eigenvalue weighted by Gasteiger charge is -2.10. The number of nitrogens with two attached hydrogens (primary N) is 2. The highest BCUT2D eigenvalue weighted by Gasteiger charge is 2.02. The molecule has 4 N–H and O–H groups in total. The van der Waals surface area contributed by atoms with E-state index in [1.807, 2.05) is 18.2 Å². The van der Waals surface area contributed by atoms with Crippen LogP contribution in [0.1, 0.15) is 31.7 Å². The van der Waals surface area contributed by atoms with Gasteiger partial charge in [-0.3, -0.25) is 0 Å². The molecule has 5 nitrogen and oxygen atoms in total. The third-order valence-electron chi connectivity index (χ3n) is 2.72. The Labute approximate surface area is 113 Å². The Hall–Kier alpha value is -1.91. The monoisotopic (exact) mass is 266 g/mol. The molecule has 0 aliphatic heterocycles. The highest BCUT2D eigenvalue weighted by molar-refractivity contribution is 5.64. The number of aryl methyl sites for hydroxylation is 1. The van der Waals surface area contributed by atoms with Crippen molar-refractivity contribution >= 4 is 11.8 Å². The molecule has 1 amide bonds. The number of rotatable bonds is 8. The van der Waals surface area contributed by atoms with E-state index in [4.69, 9.17) is 16.2 Å². The number of ether oxygens (including phenoxy) is 2. The van der Waals surface area contributed by atoms with Gasteiger partial charge in [-0.05, 0) is 36.6 Å². The maximum absolute atomic E-state index is 10.4. The number of hydrogen-bond donors (Lipinski definition) is 2. The molecule has 5 heteroatoms. The highest BCUT2D eigenvalue weighted by atomic mass is 16.5. The quantitative estimate of drug-likeness (QED) is 0.559. The molecule has 0 radical (unpaired) electrons. The van der Waals surface area contributed by atoms with Crippen LogP contribution in [0.4, 0.5) is 10.5 Å². The largest absolute Gasteiger partial charge is 0.493 e. The first kappa shape index (κ1) is 15.1. The average molecular weight is 266 g/mol. The fourth-order valence-corrected chi connectivity index (χ4v) is 1.68. The molecule has 1 aromatic rings. The second-order valence-electron chi connectivity index (χ2n) is 4.33. The molecule has 0 saturated carbocycles. The summed E-state index contributed by atoms with van der Waals surface area (Å²) < 4.78 is 10.2. The van der Waals surface area contributed by atoms with E-state index in [0.29, 0.717) is 13.0 Å². The summed E-state index contributed by atoms with van der Waals surface area (Å²) in [6.45, 7) is 2.90. The number of unbranched alkanes of at least 4 members (excludes halogenated alkanes) is 1. The maximum Gasteiger partial charge on any atom is 0.404 e. The van der Waals surface area contributed by atoms with E-state index >= 15 is 0 Å². The Morgan fingerprint density at radius 1 is 1.26 bits per heavy atom. The summed E-state index contributed by atoms with van der Waals surface area (Å²) in [6.07, 6.45) is 3.06. The summed E-state index contributed by atoms with van der Waals surface area (Å²) in [7, 11) is 0. The Morgan fingerprint density at radius 2 is 2.05 bits per heavy atom. The third-order valence-corrected chi connectivity index (χ3v) is 2.72. The van der Waals surface area contributed by atoms with Crippen LogP contribution in [0.5, 0.6) is 5.75 Å². The number of amides is 1. The van der Waals surface area contributed by atoms with Crippen molar-refractivity contribution < 1.29 is 14.3 Å². The summed E-state index contributed by atoms with van der Waals surface area (Å²) in [5.74, 6) is 0.791. The molecule has 0 aromatic heterocycles. The van der Waals surface area contributed by atoms with Crippen molar-refractivity contribution in [3.05, 3.63) is 23.8 Å². The van der Waals surface area contributed by atoms with Gasteiger partial charge < -0.3 is 20.9 Å². The summed E-state index contributed by atoms with van der Waals surface area (Å²) >= 11 is 0. The first-order valence-corrected chi connectivity index (χ1v) is 6.57. The molecular formula is C14H22N2O3. The number of hydrogen-bond acceptors (Lipinski definition) is 4. The van der Waals surface area contributed by atoms with Crippen LogP contribution in [0.25, 0.3) is 0 Å². The minimum Gasteiger partial charge on any atom is -0.493 e. The summed E-state index contributed by atoms with van der Waals surface area (Å²) in [6, 6.07) is 5.68. The molecule has 0 heterocycles. The summed E-state index contributed by atoms with van der Waals surface area (Å²) in [5, 5.41) is 0. The van der Waals surface area contributed by atoms with E-state index in [1.54, 1.807) is 0 Å². The molecule has 0 saturated heterocycles. The second kappa shape index (κ2) is 8.24. The molecule has 1 rings (SSSR count). The fourth-order valence-electron chi connectivity index (χ4n) is 1.68. The third kappa shape index (κ3) is 5.99. The van der Waals surface area contributed by atoms with Crippen LogP contribution in [0, 0.1) is 0 Å². The molecular weight excluding hydrogens is 244 g/mol. The standard InChI is InChI=1S/C14H22N2O3/c1-2-3-5-11-10-12(6-7-13(11)15)18-8-4-9-19-14(16)17/h6-7,10H,2-5,8-9,15H2,1H3,(H2,16,17). The van der Waals surface area contributed by atoms with E-state index in [9.17, 15) is 4.79 Å². The van der Waals surface area contributed by atoms with Crippen LogP contribution in [-0.2, 0) is 11.2 Å². The zero-order valence-corrected chi connectivity index (χ0v) is 11.4. The molecule has 0 bridgehead atoms. The topological polar surface area (TPSA) is 87.6 Å². The fraction of sp³-hybridized carbons (Fsp3) is 0.500. The van der Waals surface area contributed by atoms with Crippen molar-refractivity contribution in [1.82, 2.24) is 0 Å². The first-order valence-electron chi connectivity index (χ1n) is 6.57. The normalized spacial score (nSPS) is 10.2. The highest BCUT2D eigenvalue weighted by Crippen LogP contribution is 2.21. The van der Waals surface area contributed by atoms with Gasteiger partial charge in [0.1, 0.15) is 5.75 Å². The van der Waals surface area contributed by atoms with Gasteiger partial charge in [-0.1, -0.05) is 13.3 Å². The smallest absolute Gasteiger partial charge is 0.404 e. The van der Waals surface area contributed by atoms with Crippen molar-refractivity contribution in [2.75, 3.05) is 18.9 Å². The van der Waals surface area contributed by atoms with Crippen LogP contribution in [0.2, 0.25) is 0 Å². The molecule has 19 heavy (non-hydrogen) atoms. The molecule has 0 spiro atoms. The molecule has 0 unspecified atom stereocenters. The van der Waals surface area contributed by atoms with Gasteiger partial charge in [0.05, 0.1) is 13.2 Å². The van der Waals surface area contributed by atoms with Crippen molar-refractivity contribution in [2.45, 2.75) is 32.6 Å². The first-order chi connectivity index (χ1) is 9.13. The van der Waals surface area contributed by atoms with E-state index in [-0.39, 0.29) is 6.61 Å². The van der Waals surface area contributed by atoms with Gasteiger partial charge >= 0.3 is 6.09 Å². The van der Waals surface area contributed by atoms with Gasteiger partial charge in [-0.15, -0.1) is 0 Å². The Morgan fingerprint density at radius 3 is 2.74 bits per heavy atom. The van der Waals surface area contributed by atoms with E-state index in [0.717, 1.165) is 36.3 Å². The number of anilines is 1. The van der Waals surface area contributed by atoms with Crippen LogP contribution in [-0.4, -0.2) is 19.3 Å². The van der Waals surface area contributed by atoms with Gasteiger partial charge in [0.15, 0.2) is 0 Å². The molecule has 106 valence electrons. The predicted octanol–water partition coefficient (Wildman–Crippen LogP) is 2.48. The van der Waals surface area contributed by atoms with E-state index < -0.39 is 6.09 Å². The Balaban J connectivity index is 2.39. The maximum atomic E-state index is 10.4. The summed E-state index contributed by atoms with van der Waals surface area (Å²) in [5.41, 5.74) is 12.7. The average Bonchev–Trinajstić information content (AvgIpc) is 2.38. The second-order valence-corrected chi connectivity index (χ2v) is 4.33. The minimum atomic E-state index is -0.755. The lowest BCUT2D eigenvalue weighted by Crippen LogP contribution is -2.15. The zero-order chi connectivity index (χ0) is 14.1. The van der Waals surface area contributed by atoms with Crippen molar-refractivity contribution in [2.24, 2.45) is 5.73 Å². The van der Waals surface area contributed by atoms with Crippen LogP contribution in [0.3, 0.4) is 0 Å². The van der Waals surface area contributed by atoms with Gasteiger partial charge in [-0.25, -0.2) is 4.79 Å². The van der Waals surface area contributed by atoms with Gasteiger partial charge in [-0.2, -0.15) is 0 Å². The SMILES string of the molecule is CCCCc1cc(OCCCOC(N)=O)ccc1N. The number of carbonyl (C=O) groups is 1. The van der Waals surface area contributed by atoms with Gasteiger partial charge in [0.25, 0.3) is 0 Å². The van der Waals surface area contributed by atoms with Crippen molar-refractivity contribution in [3.8, 4) is 5.75 Å². The molecule has 0 atom stereocenters. The van der Waals surface area contributed by atoms with Gasteiger partial charge in [0.2, 0.25) is 0 Å². The number of carbonyl (C=O) groups excluding carboxylic acids is 1. The molecule has 0 aliphatic rings. The number of nitrogen functional groups attached to an aromatic ring is 1. The van der Waals surface area contributed by atoms with Gasteiger partial charge in [0, 0.05) is 12.1 Å². The van der Waals surface area contributed by atoms with E-state index in [2.05, 4.69) is 11.7 Å². The molecule has 0 fully saturated rings. The Bertz CT molecular complexity index is 408. The van der Waals surface area contributed by atoms with E-state index in [1.165, 1.54) is 0 Å². The zero-order valence-electron chi connectivity index (χ0n) is 11.4. The van der Waals surface area contributed by atoms with Crippen LogP contribution >= 0.6 is 0 Å². The number of benzene rings is 1. The lowest BCUT2D eigenvalue weighted by atomic mass is 10.1. The van der Waals surface area contributed by atoms with Crippen molar-refractivity contribution in [3.63, 3.8) is 0 Å².